The van der Waals surface area contributed by atoms with Crippen molar-refractivity contribution in [2.45, 2.75) is 32.0 Å². The Kier molecular flexibility index (Phi) is 9.84. The molecule has 2 atom stereocenters. The molecule has 0 aliphatic heterocycles. The summed E-state index contributed by atoms with van der Waals surface area (Å²) in [7, 11) is 3.26. The first kappa shape index (κ1) is 23.1. The highest BCUT2D eigenvalue weighted by Crippen LogP contribution is 2.27. The maximum absolute atomic E-state index is 13.3. The van der Waals surface area contributed by atoms with E-state index in [0.29, 0.717) is 6.54 Å². The van der Waals surface area contributed by atoms with Crippen LogP contribution in [0.25, 0.3) is 0 Å². The van der Waals surface area contributed by atoms with Crippen LogP contribution in [-0.4, -0.2) is 63.5 Å². The molecule has 0 aromatic heterocycles. The Labute approximate surface area is 174 Å². The van der Waals surface area contributed by atoms with Gasteiger partial charge in [-0.05, 0) is 24.2 Å². The van der Waals surface area contributed by atoms with Crippen LogP contribution in [0.1, 0.15) is 30.9 Å². The Balaban J connectivity index is 2.26. The number of ether oxygens (including phenoxy) is 3. The molecule has 5 heteroatoms. The summed E-state index contributed by atoms with van der Waals surface area (Å²) in [5.41, 5.74) is 1.80. The fourth-order valence-electron chi connectivity index (χ4n) is 3.43. The van der Waals surface area contributed by atoms with Crippen molar-refractivity contribution in [3.8, 4) is 0 Å². The number of esters is 1. The molecule has 2 aromatic rings. The molecule has 2 aromatic carbocycles. The number of hydrogen-bond acceptors (Lipinski definition) is 5. The molecule has 0 spiro atoms. The lowest BCUT2D eigenvalue weighted by atomic mass is 9.91. The molecule has 2 rings (SSSR count). The van der Waals surface area contributed by atoms with Crippen LogP contribution in [0.15, 0.2) is 60.7 Å². The lowest BCUT2D eigenvalue weighted by molar-refractivity contribution is -0.162. The minimum Gasteiger partial charge on any atom is -0.456 e. The molecule has 0 amide bonds. The zero-order valence-electron chi connectivity index (χ0n) is 17.9. The second kappa shape index (κ2) is 12.4. The van der Waals surface area contributed by atoms with Gasteiger partial charge in [0.2, 0.25) is 0 Å². The Morgan fingerprint density at radius 2 is 1.38 bits per heavy atom. The van der Waals surface area contributed by atoms with Crippen molar-refractivity contribution in [2.75, 3.05) is 40.5 Å². The SMILES string of the molecule is CCN(CC)C[C@H](OC)[C@@H](COC)OC(=O)C(c1ccccc1)c1ccccc1. The van der Waals surface area contributed by atoms with E-state index in [2.05, 4.69) is 18.7 Å². The summed E-state index contributed by atoms with van der Waals surface area (Å²) in [6.45, 7) is 6.97. The summed E-state index contributed by atoms with van der Waals surface area (Å²) in [6.07, 6.45) is -0.765. The molecule has 29 heavy (non-hydrogen) atoms. The van der Waals surface area contributed by atoms with Gasteiger partial charge in [0.1, 0.15) is 12.0 Å². The summed E-state index contributed by atoms with van der Waals surface area (Å²) in [5.74, 6) is -0.797. The van der Waals surface area contributed by atoms with Gasteiger partial charge in [0, 0.05) is 20.8 Å². The summed E-state index contributed by atoms with van der Waals surface area (Å²) in [4.78, 5) is 15.6. The quantitative estimate of drug-likeness (QED) is 0.509. The number of benzene rings is 2. The summed E-state index contributed by atoms with van der Waals surface area (Å²) < 4.78 is 17.0. The smallest absolute Gasteiger partial charge is 0.318 e. The van der Waals surface area contributed by atoms with Crippen LogP contribution in [0.5, 0.6) is 0 Å². The molecule has 0 fully saturated rings. The maximum Gasteiger partial charge on any atom is 0.318 e. The number of likely N-dealkylation sites (N-methyl/N-ethyl adjacent to an activating group) is 1. The van der Waals surface area contributed by atoms with E-state index in [9.17, 15) is 4.79 Å². The van der Waals surface area contributed by atoms with Crippen LogP contribution in [0.4, 0.5) is 0 Å². The first-order chi connectivity index (χ1) is 14.1. The fraction of sp³-hybridized carbons (Fsp3) is 0.458. The van der Waals surface area contributed by atoms with Crippen LogP contribution in [-0.2, 0) is 19.0 Å². The third kappa shape index (κ3) is 6.67. The van der Waals surface area contributed by atoms with E-state index >= 15 is 0 Å². The first-order valence-corrected chi connectivity index (χ1v) is 10.2. The molecular formula is C24H33NO4. The molecule has 0 aliphatic carbocycles. The van der Waals surface area contributed by atoms with Crippen LogP contribution in [0.2, 0.25) is 0 Å². The number of carbonyl (C=O) groups excluding carboxylic acids is 1. The molecule has 0 aliphatic rings. The number of hydrogen-bond donors (Lipinski definition) is 0. The number of nitrogens with zero attached hydrogens (tertiary/aromatic N) is 1. The highest BCUT2D eigenvalue weighted by Gasteiger charge is 2.31. The van der Waals surface area contributed by atoms with Crippen molar-refractivity contribution in [1.82, 2.24) is 4.90 Å². The molecule has 0 unspecified atom stereocenters. The van der Waals surface area contributed by atoms with Crippen LogP contribution in [0.3, 0.4) is 0 Å². The normalized spacial score (nSPS) is 13.4. The topological polar surface area (TPSA) is 48.0 Å². The molecule has 0 bridgehead atoms. The van der Waals surface area contributed by atoms with Crippen LogP contribution < -0.4 is 0 Å². The minimum atomic E-state index is -0.497. The van der Waals surface area contributed by atoms with E-state index < -0.39 is 12.0 Å². The molecule has 0 heterocycles. The van der Waals surface area contributed by atoms with Gasteiger partial charge >= 0.3 is 5.97 Å². The Hall–Kier alpha value is -2.21. The monoisotopic (exact) mass is 399 g/mol. The third-order valence-corrected chi connectivity index (χ3v) is 5.15. The predicted molar refractivity (Wildman–Crippen MR) is 115 cm³/mol. The van der Waals surface area contributed by atoms with Crippen molar-refractivity contribution >= 4 is 5.97 Å². The third-order valence-electron chi connectivity index (χ3n) is 5.15. The number of carbonyl (C=O) groups is 1. The Bertz CT molecular complexity index is 664. The molecule has 5 nitrogen and oxygen atoms in total. The zero-order chi connectivity index (χ0) is 21.1. The lowest BCUT2D eigenvalue weighted by Gasteiger charge is -2.31. The molecular weight excluding hydrogens is 366 g/mol. The van der Waals surface area contributed by atoms with E-state index in [0.717, 1.165) is 24.2 Å². The van der Waals surface area contributed by atoms with Gasteiger partial charge in [-0.15, -0.1) is 0 Å². The zero-order valence-corrected chi connectivity index (χ0v) is 17.9. The minimum absolute atomic E-state index is 0.272. The van der Waals surface area contributed by atoms with E-state index in [1.165, 1.54) is 0 Å². The number of methoxy groups -OCH3 is 2. The van der Waals surface area contributed by atoms with Gasteiger partial charge in [-0.3, -0.25) is 4.79 Å². The highest BCUT2D eigenvalue weighted by atomic mass is 16.6. The standard InChI is InChI=1S/C24H33NO4/c1-5-25(6-2)17-21(28-4)22(18-27-3)29-24(26)23(19-13-9-7-10-14-19)20-15-11-8-12-16-20/h7-16,21-23H,5-6,17-18H2,1-4H3/t21-,22+/m0/s1. The van der Waals surface area contributed by atoms with E-state index in [4.69, 9.17) is 14.2 Å². The van der Waals surface area contributed by atoms with Gasteiger partial charge in [0.05, 0.1) is 6.61 Å². The van der Waals surface area contributed by atoms with Crippen molar-refractivity contribution < 1.29 is 19.0 Å². The second-order valence-electron chi connectivity index (χ2n) is 6.95. The van der Waals surface area contributed by atoms with Gasteiger partial charge in [-0.1, -0.05) is 74.5 Å². The first-order valence-electron chi connectivity index (χ1n) is 10.2. The van der Waals surface area contributed by atoms with E-state index in [1.807, 2.05) is 60.7 Å². The van der Waals surface area contributed by atoms with Gasteiger partial charge in [-0.25, -0.2) is 0 Å². The molecule has 0 N–H and O–H groups in total. The Morgan fingerprint density at radius 3 is 1.79 bits per heavy atom. The van der Waals surface area contributed by atoms with Crippen molar-refractivity contribution in [1.29, 1.82) is 0 Å². The summed E-state index contributed by atoms with van der Waals surface area (Å²) in [6, 6.07) is 19.4. The average molecular weight is 400 g/mol. The lowest BCUT2D eigenvalue weighted by Crippen LogP contribution is -2.45. The van der Waals surface area contributed by atoms with Gasteiger partial charge in [-0.2, -0.15) is 0 Å². The highest BCUT2D eigenvalue weighted by molar-refractivity contribution is 5.82. The van der Waals surface area contributed by atoms with Crippen molar-refractivity contribution in [3.05, 3.63) is 71.8 Å². The van der Waals surface area contributed by atoms with Crippen LogP contribution >= 0.6 is 0 Å². The number of rotatable bonds is 12. The maximum atomic E-state index is 13.3. The van der Waals surface area contributed by atoms with E-state index in [1.54, 1.807) is 14.2 Å². The molecule has 158 valence electrons. The van der Waals surface area contributed by atoms with Gasteiger partial charge in [0.25, 0.3) is 0 Å². The predicted octanol–water partition coefficient (Wildman–Crippen LogP) is 3.73. The largest absolute Gasteiger partial charge is 0.456 e. The van der Waals surface area contributed by atoms with Crippen LogP contribution in [0, 0.1) is 0 Å². The summed E-state index contributed by atoms with van der Waals surface area (Å²) in [5, 5.41) is 0. The molecule has 0 radical (unpaired) electrons. The average Bonchev–Trinajstić information content (AvgIpc) is 2.76. The second-order valence-corrected chi connectivity index (χ2v) is 6.95. The summed E-state index contributed by atoms with van der Waals surface area (Å²) >= 11 is 0. The van der Waals surface area contributed by atoms with Crippen molar-refractivity contribution in [2.24, 2.45) is 0 Å². The van der Waals surface area contributed by atoms with Gasteiger partial charge in [0.15, 0.2) is 6.10 Å². The molecule has 0 saturated carbocycles. The van der Waals surface area contributed by atoms with Gasteiger partial charge < -0.3 is 19.1 Å². The molecule has 0 saturated heterocycles. The van der Waals surface area contributed by atoms with E-state index in [-0.39, 0.29) is 18.7 Å². The van der Waals surface area contributed by atoms with Crippen molar-refractivity contribution in [3.63, 3.8) is 0 Å². The fourth-order valence-corrected chi connectivity index (χ4v) is 3.43. The Morgan fingerprint density at radius 1 is 0.862 bits per heavy atom.